The lowest BCUT2D eigenvalue weighted by atomic mass is 9.87. The third kappa shape index (κ3) is 4.78. The molecule has 1 atom stereocenters. The van der Waals surface area contributed by atoms with E-state index in [1.54, 1.807) is 0 Å². The molecule has 0 spiro atoms. The molecule has 0 radical (unpaired) electrons. The quantitative estimate of drug-likeness (QED) is 0.390. The zero-order valence-corrected chi connectivity index (χ0v) is 20.3. The fourth-order valence-electron chi connectivity index (χ4n) is 4.14. The van der Waals surface area contributed by atoms with Gasteiger partial charge in [0.05, 0.1) is 11.4 Å². The van der Waals surface area contributed by atoms with Gasteiger partial charge in [0, 0.05) is 34.7 Å². The maximum absolute atomic E-state index is 14.9. The van der Waals surface area contributed by atoms with Gasteiger partial charge in [-0.2, -0.15) is 0 Å². The van der Waals surface area contributed by atoms with Crippen LogP contribution in [0.15, 0.2) is 48.5 Å². The summed E-state index contributed by atoms with van der Waals surface area (Å²) in [6.45, 7) is 1.83. The number of nitrogens with one attached hydrogen (secondary N) is 1. The van der Waals surface area contributed by atoms with E-state index >= 15 is 0 Å². The zero-order valence-electron chi connectivity index (χ0n) is 19.5. The second kappa shape index (κ2) is 9.42. The average molecular weight is 539 g/mol. The van der Waals surface area contributed by atoms with Crippen LogP contribution in [-0.4, -0.2) is 29.4 Å². The molecule has 4 rings (SSSR count). The number of halogens is 6. The van der Waals surface area contributed by atoms with Crippen LogP contribution in [0.1, 0.15) is 45.2 Å². The lowest BCUT2D eigenvalue weighted by Crippen LogP contribution is -2.42. The van der Waals surface area contributed by atoms with Gasteiger partial charge in [-0.25, -0.2) is 22.0 Å². The molecule has 1 aliphatic heterocycles. The molecule has 1 aliphatic rings. The summed E-state index contributed by atoms with van der Waals surface area (Å²) >= 11 is 5.96. The minimum absolute atomic E-state index is 0.0109. The number of hydrogen-bond acceptors (Lipinski definition) is 3. The maximum Gasteiger partial charge on any atom is 0.281 e. The molecule has 2 amide bonds. The fraction of sp³-hybridized carbons (Fsp3) is 0.231. The summed E-state index contributed by atoms with van der Waals surface area (Å²) in [5, 5.41) is 13.0. The maximum atomic E-state index is 14.9. The Morgan fingerprint density at radius 3 is 2.35 bits per heavy atom. The van der Waals surface area contributed by atoms with Crippen molar-refractivity contribution >= 4 is 34.8 Å². The number of hydrogen-bond donors (Lipinski definition) is 2. The second-order valence-corrected chi connectivity index (χ2v) is 9.31. The molecule has 0 saturated heterocycles. The highest BCUT2D eigenvalue weighted by atomic mass is 35.5. The predicted octanol–water partition coefficient (Wildman–Crippen LogP) is 6.21. The van der Waals surface area contributed by atoms with Gasteiger partial charge in [0.25, 0.3) is 17.7 Å². The van der Waals surface area contributed by atoms with Crippen LogP contribution in [-0.2, 0) is 5.60 Å². The number of nitrogens with zero attached hydrogens (tertiary/aromatic N) is 1. The number of fused-ring (bicyclic) bond motifs is 1. The van der Waals surface area contributed by atoms with E-state index in [1.165, 1.54) is 25.1 Å². The highest BCUT2D eigenvalue weighted by Crippen LogP contribution is 2.47. The van der Waals surface area contributed by atoms with E-state index in [2.05, 4.69) is 5.32 Å². The first kappa shape index (κ1) is 26.6. The lowest BCUT2D eigenvalue weighted by molar-refractivity contribution is -0.177. The molecule has 37 heavy (non-hydrogen) atoms. The molecule has 11 heteroatoms. The molecule has 0 fully saturated rings. The van der Waals surface area contributed by atoms with Crippen LogP contribution >= 0.6 is 11.6 Å². The molecular formula is C26H20ClF5N2O3. The molecule has 3 aromatic rings. The van der Waals surface area contributed by atoms with Gasteiger partial charge in [0.2, 0.25) is 0 Å². The third-order valence-corrected chi connectivity index (χ3v) is 6.59. The van der Waals surface area contributed by atoms with Gasteiger partial charge < -0.3 is 15.3 Å². The topological polar surface area (TPSA) is 69.6 Å². The molecule has 0 aromatic heterocycles. The van der Waals surface area contributed by atoms with Crippen LogP contribution < -0.4 is 10.2 Å². The van der Waals surface area contributed by atoms with Crippen LogP contribution in [0.4, 0.5) is 33.3 Å². The van der Waals surface area contributed by atoms with Gasteiger partial charge in [0.15, 0.2) is 17.2 Å². The lowest BCUT2D eigenvalue weighted by Gasteiger charge is -2.32. The number of rotatable bonds is 3. The van der Waals surface area contributed by atoms with Crippen LogP contribution in [0.2, 0.25) is 5.02 Å². The number of carbonyl (C=O) groups is 2. The Balaban J connectivity index is 1.64. The van der Waals surface area contributed by atoms with Crippen molar-refractivity contribution in [1.82, 2.24) is 0 Å². The third-order valence-electron chi connectivity index (χ3n) is 6.36. The monoisotopic (exact) mass is 538 g/mol. The molecule has 0 bridgehead atoms. The van der Waals surface area contributed by atoms with E-state index in [-0.39, 0.29) is 38.7 Å². The Kier molecular flexibility index (Phi) is 6.76. The first-order chi connectivity index (χ1) is 17.2. The fourth-order valence-corrected chi connectivity index (χ4v) is 4.32. The predicted molar refractivity (Wildman–Crippen MR) is 128 cm³/mol. The van der Waals surface area contributed by atoms with Crippen molar-refractivity contribution in [3.05, 3.63) is 93.3 Å². The second-order valence-electron chi connectivity index (χ2n) is 8.87. The van der Waals surface area contributed by atoms with Gasteiger partial charge in [-0.3, -0.25) is 9.59 Å². The van der Waals surface area contributed by atoms with Crippen LogP contribution in [0.25, 0.3) is 0 Å². The number of carbonyl (C=O) groups excluding carboxylic acids is 2. The summed E-state index contributed by atoms with van der Waals surface area (Å²) in [4.78, 5) is 26.8. The van der Waals surface area contributed by atoms with E-state index in [0.29, 0.717) is 6.07 Å². The van der Waals surface area contributed by atoms with Crippen molar-refractivity contribution in [2.75, 3.05) is 16.8 Å². The first-order valence-corrected chi connectivity index (χ1v) is 11.4. The van der Waals surface area contributed by atoms with E-state index < -0.39 is 53.8 Å². The summed E-state index contributed by atoms with van der Waals surface area (Å²) in [5.41, 5.74) is -3.55. The van der Waals surface area contributed by atoms with Gasteiger partial charge in [-0.1, -0.05) is 11.6 Å². The average Bonchev–Trinajstić information content (AvgIpc) is 2.89. The molecule has 1 heterocycles. The minimum atomic E-state index is -3.60. The Morgan fingerprint density at radius 2 is 1.68 bits per heavy atom. The molecular weight excluding hydrogens is 519 g/mol. The van der Waals surface area contributed by atoms with Crippen molar-refractivity contribution in [1.29, 1.82) is 0 Å². The van der Waals surface area contributed by atoms with Crippen LogP contribution in [0.3, 0.4) is 0 Å². The summed E-state index contributed by atoms with van der Waals surface area (Å²) < 4.78 is 71.3. The van der Waals surface area contributed by atoms with Crippen molar-refractivity contribution in [3.8, 4) is 0 Å². The van der Waals surface area contributed by atoms with Crippen molar-refractivity contribution in [2.24, 2.45) is 0 Å². The zero-order chi connectivity index (χ0) is 27.3. The van der Waals surface area contributed by atoms with Gasteiger partial charge in [0.1, 0.15) is 5.82 Å². The molecule has 5 nitrogen and oxygen atoms in total. The van der Waals surface area contributed by atoms with Crippen molar-refractivity contribution in [3.63, 3.8) is 0 Å². The van der Waals surface area contributed by atoms with Gasteiger partial charge >= 0.3 is 0 Å². The Bertz CT molecular complexity index is 1430. The molecule has 3 aromatic carbocycles. The summed E-state index contributed by atoms with van der Waals surface area (Å²) in [7, 11) is 0. The van der Waals surface area contributed by atoms with Crippen molar-refractivity contribution < 1.29 is 36.6 Å². The first-order valence-electron chi connectivity index (χ1n) is 11.0. The van der Waals surface area contributed by atoms with E-state index in [9.17, 15) is 36.6 Å². The number of amides is 2. The molecule has 2 N–H and O–H groups in total. The number of aliphatic hydroxyl groups is 1. The standard InChI is InChI=1S/C26H20ClF5N2O3/c1-13-9-18(28)19(29)12-16(13)23(35)33-21-5-3-14(10-20(21)30)24(36)34-8-7-26(31,32)25(2,37)17-11-15(27)4-6-22(17)34/h3-6,9-12,37H,7-8H2,1-2H3,(H,33,35)/t25-/m1/s1. The Hall–Kier alpha value is -3.50. The summed E-state index contributed by atoms with van der Waals surface area (Å²) in [6, 6.07) is 8.43. The number of benzene rings is 3. The van der Waals surface area contributed by atoms with Crippen molar-refractivity contribution in [2.45, 2.75) is 31.8 Å². The molecule has 194 valence electrons. The largest absolute Gasteiger partial charge is 0.379 e. The molecule has 0 saturated carbocycles. The smallest absolute Gasteiger partial charge is 0.281 e. The van der Waals surface area contributed by atoms with E-state index in [0.717, 1.165) is 36.1 Å². The van der Waals surface area contributed by atoms with E-state index in [1.807, 2.05) is 0 Å². The van der Waals surface area contributed by atoms with Crippen LogP contribution in [0, 0.1) is 24.4 Å². The number of aryl methyl sites for hydroxylation is 1. The highest BCUT2D eigenvalue weighted by molar-refractivity contribution is 6.30. The normalized spacial score (nSPS) is 18.7. The number of anilines is 2. The summed E-state index contributed by atoms with van der Waals surface area (Å²) in [5.74, 6) is -8.75. The molecule has 0 aliphatic carbocycles. The Morgan fingerprint density at radius 1 is 1.00 bits per heavy atom. The highest BCUT2D eigenvalue weighted by Gasteiger charge is 2.53. The van der Waals surface area contributed by atoms with E-state index in [4.69, 9.17) is 11.6 Å². The molecule has 0 unspecified atom stereocenters. The Labute approximate surface area is 213 Å². The summed E-state index contributed by atoms with van der Waals surface area (Å²) in [6.07, 6.45) is -0.873. The minimum Gasteiger partial charge on any atom is -0.379 e. The number of alkyl halides is 2. The SMILES string of the molecule is Cc1cc(F)c(F)cc1C(=O)Nc1ccc(C(=O)N2CCC(F)(F)[C@](C)(O)c3cc(Cl)ccc32)cc1F. The van der Waals surface area contributed by atoms with Crippen LogP contribution in [0.5, 0.6) is 0 Å². The van der Waals surface area contributed by atoms with Gasteiger partial charge in [-0.05, 0) is 67.9 Å². The van der Waals surface area contributed by atoms with Gasteiger partial charge in [-0.15, -0.1) is 0 Å².